The van der Waals surface area contributed by atoms with Crippen LogP contribution < -0.4 is 0 Å². The fourth-order valence-electron chi connectivity index (χ4n) is 1.31. The van der Waals surface area contributed by atoms with Crippen molar-refractivity contribution in [3.63, 3.8) is 0 Å². The molecule has 1 aromatic rings. The van der Waals surface area contributed by atoms with Crippen LogP contribution in [0.25, 0.3) is 0 Å². The lowest BCUT2D eigenvalue weighted by Crippen LogP contribution is -2.23. The quantitative estimate of drug-likeness (QED) is 0.903. The highest BCUT2D eigenvalue weighted by Gasteiger charge is 2.18. The Labute approximate surface area is 105 Å². The first-order valence-corrected chi connectivity index (χ1v) is 6.03. The van der Waals surface area contributed by atoms with Crippen molar-refractivity contribution in [3.8, 4) is 0 Å². The molecule has 0 saturated carbocycles. The number of rotatable bonds is 5. The molecule has 1 aromatic heterocycles. The maximum absolute atomic E-state index is 9.10. The molecule has 5 heteroatoms. The SMILES string of the molecule is Cc1nn(C)c(COCC(C)(C)CO)c1Br. The van der Waals surface area contributed by atoms with Gasteiger partial charge < -0.3 is 9.84 Å². The van der Waals surface area contributed by atoms with E-state index in [4.69, 9.17) is 9.84 Å². The van der Waals surface area contributed by atoms with E-state index in [9.17, 15) is 0 Å². The maximum atomic E-state index is 9.10. The second-order valence-corrected chi connectivity index (χ2v) is 5.58. The number of halogens is 1. The molecule has 0 spiro atoms. The Kier molecular flexibility index (Phi) is 4.52. The minimum Gasteiger partial charge on any atom is -0.396 e. The summed E-state index contributed by atoms with van der Waals surface area (Å²) in [7, 11) is 1.90. The molecule has 16 heavy (non-hydrogen) atoms. The molecule has 1 N–H and O–H groups in total. The van der Waals surface area contributed by atoms with Crippen molar-refractivity contribution >= 4 is 15.9 Å². The third-order valence-corrected chi connectivity index (χ3v) is 3.45. The summed E-state index contributed by atoms with van der Waals surface area (Å²) in [6.07, 6.45) is 0. The molecule has 0 aliphatic heterocycles. The zero-order valence-electron chi connectivity index (χ0n) is 10.2. The lowest BCUT2D eigenvalue weighted by Gasteiger charge is -2.21. The van der Waals surface area contributed by atoms with Crippen LogP contribution in [0.3, 0.4) is 0 Å². The number of aliphatic hydroxyl groups excluding tert-OH is 1. The highest BCUT2D eigenvalue weighted by Crippen LogP contribution is 2.22. The van der Waals surface area contributed by atoms with E-state index in [1.165, 1.54) is 0 Å². The number of aromatic nitrogens is 2. The lowest BCUT2D eigenvalue weighted by atomic mass is 9.97. The number of hydrogen-bond donors (Lipinski definition) is 1. The predicted octanol–water partition coefficient (Wildman–Crippen LogP) is 2.03. The molecular formula is C11H19BrN2O2. The van der Waals surface area contributed by atoms with E-state index >= 15 is 0 Å². The van der Waals surface area contributed by atoms with Crippen LogP contribution in [-0.4, -0.2) is 28.1 Å². The summed E-state index contributed by atoms with van der Waals surface area (Å²) in [5.74, 6) is 0. The molecule has 4 nitrogen and oxygen atoms in total. The molecular weight excluding hydrogens is 272 g/mol. The van der Waals surface area contributed by atoms with Gasteiger partial charge in [-0.15, -0.1) is 0 Å². The van der Waals surface area contributed by atoms with Crippen molar-refractivity contribution in [2.75, 3.05) is 13.2 Å². The Morgan fingerprint density at radius 1 is 1.50 bits per heavy atom. The second kappa shape index (κ2) is 5.29. The molecule has 1 rings (SSSR count). The van der Waals surface area contributed by atoms with Crippen LogP contribution in [0.2, 0.25) is 0 Å². The molecule has 0 bridgehead atoms. The van der Waals surface area contributed by atoms with Crippen LogP contribution >= 0.6 is 15.9 Å². The molecule has 0 aliphatic rings. The van der Waals surface area contributed by atoms with Gasteiger partial charge in [0.05, 0.1) is 35.7 Å². The van der Waals surface area contributed by atoms with Gasteiger partial charge in [-0.05, 0) is 22.9 Å². The highest BCUT2D eigenvalue weighted by atomic mass is 79.9. The average molecular weight is 291 g/mol. The summed E-state index contributed by atoms with van der Waals surface area (Å²) in [4.78, 5) is 0. The summed E-state index contributed by atoms with van der Waals surface area (Å²) in [5.41, 5.74) is 1.79. The van der Waals surface area contributed by atoms with Crippen molar-refractivity contribution in [2.24, 2.45) is 12.5 Å². The molecule has 0 unspecified atom stereocenters. The minimum absolute atomic E-state index is 0.124. The van der Waals surface area contributed by atoms with E-state index < -0.39 is 0 Å². The van der Waals surface area contributed by atoms with Crippen molar-refractivity contribution in [1.29, 1.82) is 0 Å². The summed E-state index contributed by atoms with van der Waals surface area (Å²) >= 11 is 3.49. The van der Waals surface area contributed by atoms with Gasteiger partial charge in [-0.1, -0.05) is 13.8 Å². The Hall–Kier alpha value is -0.390. The second-order valence-electron chi connectivity index (χ2n) is 4.78. The van der Waals surface area contributed by atoms with Crippen molar-refractivity contribution in [2.45, 2.75) is 27.4 Å². The van der Waals surface area contributed by atoms with E-state index in [-0.39, 0.29) is 12.0 Å². The third-order valence-electron chi connectivity index (χ3n) is 2.42. The first-order chi connectivity index (χ1) is 7.37. The number of aryl methyl sites for hydroxylation is 2. The van der Waals surface area contributed by atoms with Crippen LogP contribution in [0, 0.1) is 12.3 Å². The molecule has 0 saturated heterocycles. The van der Waals surface area contributed by atoms with Gasteiger partial charge in [0.2, 0.25) is 0 Å². The summed E-state index contributed by atoms with van der Waals surface area (Å²) in [6, 6.07) is 0. The molecule has 0 aromatic carbocycles. The molecule has 0 fully saturated rings. The van der Waals surface area contributed by atoms with Gasteiger partial charge in [0, 0.05) is 12.5 Å². The Bertz CT molecular complexity index is 361. The van der Waals surface area contributed by atoms with E-state index in [2.05, 4.69) is 21.0 Å². The lowest BCUT2D eigenvalue weighted by molar-refractivity contribution is 0.0173. The molecule has 0 radical (unpaired) electrons. The van der Waals surface area contributed by atoms with Crippen LogP contribution in [0.15, 0.2) is 4.47 Å². The van der Waals surface area contributed by atoms with Crippen LogP contribution in [0.5, 0.6) is 0 Å². The predicted molar refractivity (Wildman–Crippen MR) is 66.2 cm³/mol. The van der Waals surface area contributed by atoms with E-state index in [1.54, 1.807) is 0 Å². The molecule has 92 valence electrons. The molecule has 0 amide bonds. The fraction of sp³-hybridized carbons (Fsp3) is 0.727. The Morgan fingerprint density at radius 2 is 2.12 bits per heavy atom. The van der Waals surface area contributed by atoms with Gasteiger partial charge in [-0.2, -0.15) is 5.10 Å². The average Bonchev–Trinajstić information content (AvgIpc) is 2.44. The molecule has 0 aliphatic carbocycles. The fourth-order valence-corrected chi connectivity index (χ4v) is 1.76. The van der Waals surface area contributed by atoms with E-state index in [0.29, 0.717) is 13.2 Å². The zero-order chi connectivity index (χ0) is 12.3. The maximum Gasteiger partial charge on any atom is 0.0896 e. The van der Waals surface area contributed by atoms with Crippen LogP contribution in [0.4, 0.5) is 0 Å². The summed E-state index contributed by atoms with van der Waals surface area (Å²) < 4.78 is 8.41. The van der Waals surface area contributed by atoms with Gasteiger partial charge >= 0.3 is 0 Å². The topological polar surface area (TPSA) is 47.3 Å². The van der Waals surface area contributed by atoms with E-state index in [1.807, 2.05) is 32.5 Å². The normalized spacial score (nSPS) is 12.1. The van der Waals surface area contributed by atoms with Gasteiger partial charge in [0.1, 0.15) is 0 Å². The van der Waals surface area contributed by atoms with E-state index in [0.717, 1.165) is 15.9 Å². The molecule has 1 heterocycles. The number of nitrogens with zero attached hydrogens (tertiary/aromatic N) is 2. The van der Waals surface area contributed by atoms with Gasteiger partial charge in [0.15, 0.2) is 0 Å². The third kappa shape index (κ3) is 3.30. The van der Waals surface area contributed by atoms with Crippen molar-refractivity contribution in [3.05, 3.63) is 15.9 Å². The Morgan fingerprint density at radius 3 is 2.56 bits per heavy atom. The van der Waals surface area contributed by atoms with Crippen molar-refractivity contribution < 1.29 is 9.84 Å². The smallest absolute Gasteiger partial charge is 0.0896 e. The number of hydrogen-bond acceptors (Lipinski definition) is 3. The number of aliphatic hydroxyl groups is 1. The monoisotopic (exact) mass is 290 g/mol. The van der Waals surface area contributed by atoms with Crippen LogP contribution in [0.1, 0.15) is 25.2 Å². The standard InChI is InChI=1S/C11H19BrN2O2/c1-8-10(12)9(14(4)13-8)5-16-7-11(2,3)6-15/h15H,5-7H2,1-4H3. The first-order valence-electron chi connectivity index (χ1n) is 5.24. The summed E-state index contributed by atoms with van der Waals surface area (Å²) in [6.45, 7) is 7.04. The zero-order valence-corrected chi connectivity index (χ0v) is 11.8. The first kappa shape index (κ1) is 13.7. The summed E-state index contributed by atoms with van der Waals surface area (Å²) in [5, 5.41) is 13.4. The molecule has 0 atom stereocenters. The number of ether oxygens (including phenoxy) is 1. The van der Waals surface area contributed by atoms with Crippen molar-refractivity contribution in [1.82, 2.24) is 9.78 Å². The van der Waals surface area contributed by atoms with Gasteiger partial charge in [-0.25, -0.2) is 0 Å². The highest BCUT2D eigenvalue weighted by molar-refractivity contribution is 9.10. The van der Waals surface area contributed by atoms with Crippen LogP contribution in [-0.2, 0) is 18.4 Å². The van der Waals surface area contributed by atoms with Gasteiger partial charge in [-0.3, -0.25) is 4.68 Å². The minimum atomic E-state index is -0.194. The largest absolute Gasteiger partial charge is 0.396 e. The van der Waals surface area contributed by atoms with Gasteiger partial charge in [0.25, 0.3) is 0 Å². The Balaban J connectivity index is 2.55.